The fraction of sp³-hybridized carbons (Fsp3) is 0.138. The summed E-state index contributed by atoms with van der Waals surface area (Å²) in [4.78, 5) is 36.0. The third-order valence-corrected chi connectivity index (χ3v) is 6.84. The van der Waals surface area contributed by atoms with E-state index in [2.05, 4.69) is 0 Å². The lowest BCUT2D eigenvalue weighted by Gasteiger charge is -2.18. The highest BCUT2D eigenvalue weighted by Gasteiger charge is 2.19. The van der Waals surface area contributed by atoms with Crippen molar-refractivity contribution in [3.63, 3.8) is 0 Å². The summed E-state index contributed by atoms with van der Waals surface area (Å²) in [5.74, 6) is -0.366. The lowest BCUT2D eigenvalue weighted by molar-refractivity contribution is -0.104. The molecule has 39 heavy (non-hydrogen) atoms. The number of carbonyl (C=O) groups excluding carboxylic acids is 2. The van der Waals surface area contributed by atoms with Gasteiger partial charge in [0, 0.05) is 18.0 Å². The van der Waals surface area contributed by atoms with E-state index in [0.29, 0.717) is 46.1 Å². The summed E-state index contributed by atoms with van der Waals surface area (Å²) in [6.45, 7) is 1.82. The molecule has 3 aromatic carbocycles. The zero-order valence-corrected chi connectivity index (χ0v) is 21.9. The van der Waals surface area contributed by atoms with Crippen molar-refractivity contribution in [2.75, 3.05) is 13.2 Å². The molecule has 2 N–H and O–H groups in total. The van der Waals surface area contributed by atoms with Crippen LogP contribution in [0.1, 0.15) is 12.5 Å². The molecule has 1 aromatic heterocycles. The molecule has 4 aromatic rings. The van der Waals surface area contributed by atoms with Gasteiger partial charge in [0.2, 0.25) is 5.43 Å². The van der Waals surface area contributed by atoms with Crippen LogP contribution in [0.2, 0.25) is 0 Å². The Hall–Kier alpha value is -4.44. The molecule has 1 amide bonds. The lowest BCUT2D eigenvalue weighted by Crippen LogP contribution is -2.18. The van der Waals surface area contributed by atoms with Gasteiger partial charge in [-0.15, -0.1) is 0 Å². The third kappa shape index (κ3) is 6.18. The number of nitrogens with two attached hydrogens (primary N) is 1. The van der Waals surface area contributed by atoms with Crippen molar-refractivity contribution in [2.45, 2.75) is 6.92 Å². The molecule has 0 aliphatic carbocycles. The highest BCUT2D eigenvalue weighted by Crippen LogP contribution is 2.31. The van der Waals surface area contributed by atoms with Gasteiger partial charge in [-0.2, -0.15) is 0 Å². The van der Waals surface area contributed by atoms with Crippen molar-refractivity contribution in [1.29, 1.82) is 0 Å². The van der Waals surface area contributed by atoms with Crippen LogP contribution in [0.5, 0.6) is 11.5 Å². The number of benzene rings is 3. The Morgan fingerprint density at radius 2 is 1.62 bits per heavy atom. The molecule has 1 heterocycles. The van der Waals surface area contributed by atoms with Gasteiger partial charge >= 0.3 is 0 Å². The maximum absolute atomic E-state index is 14.0. The molecule has 10 heteroatoms. The van der Waals surface area contributed by atoms with E-state index in [0.717, 1.165) is 5.56 Å². The minimum Gasteiger partial charge on any atom is -0.490 e. The summed E-state index contributed by atoms with van der Waals surface area (Å²) < 4.78 is 40.8. The standard InChI is InChI=1S/C29H24F2N2O5S/c1-17(25(16-34)39-29(32)36)18-5-10-22(11-6-18)37-13-14-38-28-26(19-3-7-20(30)8-4-19)33(2)24-15-21(31)9-12-23(24)27(28)35/h3-12,15-16H,13-14H2,1-2H3,(H2,32,36)/b25-17-. The highest BCUT2D eigenvalue weighted by molar-refractivity contribution is 8.17. The monoisotopic (exact) mass is 550 g/mol. The number of rotatable bonds is 9. The number of aromatic nitrogens is 1. The fourth-order valence-corrected chi connectivity index (χ4v) is 4.62. The number of thioether (sulfide) groups is 1. The number of amides is 1. The quantitative estimate of drug-likeness (QED) is 0.163. The van der Waals surface area contributed by atoms with Crippen LogP contribution in [0.15, 0.2) is 76.4 Å². The van der Waals surface area contributed by atoms with Crippen LogP contribution >= 0.6 is 11.8 Å². The minimum absolute atomic E-state index is 0.0152. The van der Waals surface area contributed by atoms with Gasteiger partial charge < -0.3 is 19.8 Å². The molecule has 200 valence electrons. The lowest BCUT2D eigenvalue weighted by atomic mass is 10.1. The van der Waals surface area contributed by atoms with Gasteiger partial charge in [-0.25, -0.2) is 8.78 Å². The topological polar surface area (TPSA) is 101 Å². The number of fused-ring (bicyclic) bond motifs is 1. The van der Waals surface area contributed by atoms with Crippen LogP contribution in [0.25, 0.3) is 27.7 Å². The molecule has 0 saturated carbocycles. The summed E-state index contributed by atoms with van der Waals surface area (Å²) in [6.07, 6.45) is 0.584. The molecule has 0 fully saturated rings. The van der Waals surface area contributed by atoms with E-state index in [1.807, 2.05) is 0 Å². The summed E-state index contributed by atoms with van der Waals surface area (Å²) >= 11 is 0.663. The van der Waals surface area contributed by atoms with Gasteiger partial charge in [0.05, 0.1) is 16.1 Å². The van der Waals surface area contributed by atoms with Crippen molar-refractivity contribution in [2.24, 2.45) is 12.8 Å². The number of nitrogens with zero attached hydrogens (tertiary/aromatic N) is 1. The molecule has 0 bridgehead atoms. The van der Waals surface area contributed by atoms with Crippen LogP contribution < -0.4 is 20.6 Å². The number of halogens is 2. The predicted octanol–water partition coefficient (Wildman–Crippen LogP) is 5.68. The summed E-state index contributed by atoms with van der Waals surface area (Å²) in [5.41, 5.74) is 7.34. The van der Waals surface area contributed by atoms with Crippen molar-refractivity contribution in [1.82, 2.24) is 4.57 Å². The maximum atomic E-state index is 14.0. The van der Waals surface area contributed by atoms with Crippen molar-refractivity contribution < 1.29 is 27.8 Å². The third-order valence-electron chi connectivity index (χ3n) is 6.01. The average molecular weight is 551 g/mol. The van der Waals surface area contributed by atoms with Crippen LogP contribution in [-0.2, 0) is 11.8 Å². The summed E-state index contributed by atoms with van der Waals surface area (Å²) in [6, 6.07) is 16.3. The van der Waals surface area contributed by atoms with E-state index >= 15 is 0 Å². The first-order chi connectivity index (χ1) is 18.7. The number of primary amides is 1. The first-order valence-corrected chi connectivity index (χ1v) is 12.6. The Balaban J connectivity index is 1.54. The van der Waals surface area contributed by atoms with E-state index < -0.39 is 22.3 Å². The van der Waals surface area contributed by atoms with Gasteiger partial charge in [-0.05, 0) is 84.4 Å². The number of ether oxygens (including phenoxy) is 2. The van der Waals surface area contributed by atoms with E-state index in [9.17, 15) is 23.2 Å². The van der Waals surface area contributed by atoms with Gasteiger partial charge in [0.25, 0.3) is 5.24 Å². The van der Waals surface area contributed by atoms with Crippen molar-refractivity contribution in [3.8, 4) is 22.8 Å². The maximum Gasteiger partial charge on any atom is 0.281 e. The number of allylic oxidation sites excluding steroid dienone is 2. The smallest absolute Gasteiger partial charge is 0.281 e. The second-order valence-electron chi connectivity index (χ2n) is 8.48. The second kappa shape index (κ2) is 12.0. The van der Waals surface area contributed by atoms with Crippen molar-refractivity contribution >= 4 is 39.8 Å². The Morgan fingerprint density at radius 3 is 2.26 bits per heavy atom. The van der Waals surface area contributed by atoms with Gasteiger partial charge in [0.15, 0.2) is 12.0 Å². The highest BCUT2D eigenvalue weighted by atomic mass is 32.2. The van der Waals surface area contributed by atoms with Crippen LogP contribution in [-0.4, -0.2) is 29.3 Å². The number of hydrogen-bond acceptors (Lipinski definition) is 6. The van der Waals surface area contributed by atoms with Crippen LogP contribution in [0, 0.1) is 11.6 Å². The molecule has 0 radical (unpaired) electrons. The molecule has 0 aliphatic rings. The number of aryl methyl sites for hydroxylation is 1. The molecule has 0 spiro atoms. The minimum atomic E-state index is -0.674. The molecule has 7 nitrogen and oxygen atoms in total. The first-order valence-electron chi connectivity index (χ1n) is 11.8. The van der Waals surface area contributed by atoms with Crippen molar-refractivity contribution in [3.05, 3.63) is 99.1 Å². The number of hydrogen-bond donors (Lipinski definition) is 1. The van der Waals surface area contributed by atoms with Crippen LogP contribution in [0.3, 0.4) is 0 Å². The Bertz CT molecular complexity index is 1630. The van der Waals surface area contributed by atoms with E-state index in [4.69, 9.17) is 15.2 Å². The van der Waals surface area contributed by atoms with Gasteiger partial charge in [-0.3, -0.25) is 14.4 Å². The van der Waals surface area contributed by atoms with E-state index in [1.165, 1.54) is 42.5 Å². The summed E-state index contributed by atoms with van der Waals surface area (Å²) in [7, 11) is 1.68. The SMILES string of the molecule is C/C(=C(\C=O)SC(N)=O)c1ccc(OCCOc2c(-c3ccc(F)cc3)n(C)c3cc(F)ccc3c2=O)cc1. The number of carbonyl (C=O) groups is 2. The first kappa shape index (κ1) is 27.6. The zero-order valence-electron chi connectivity index (χ0n) is 21.1. The largest absolute Gasteiger partial charge is 0.490 e. The predicted molar refractivity (Wildman–Crippen MR) is 148 cm³/mol. The molecule has 0 aliphatic heterocycles. The number of pyridine rings is 1. The molecule has 0 unspecified atom stereocenters. The molecular formula is C29H24F2N2O5S. The molecular weight excluding hydrogens is 526 g/mol. The fourth-order valence-electron chi connectivity index (χ4n) is 4.09. The number of aldehydes is 1. The molecule has 0 atom stereocenters. The Morgan fingerprint density at radius 1 is 0.974 bits per heavy atom. The normalized spacial score (nSPS) is 11.7. The van der Waals surface area contributed by atoms with E-state index in [-0.39, 0.29) is 29.3 Å². The molecule has 0 saturated heterocycles. The van der Waals surface area contributed by atoms with Gasteiger partial charge in [-0.1, -0.05) is 12.1 Å². The van der Waals surface area contributed by atoms with E-state index in [1.54, 1.807) is 42.8 Å². The Kier molecular flexibility index (Phi) is 8.46. The summed E-state index contributed by atoms with van der Waals surface area (Å²) in [5, 5.41) is -0.392. The van der Waals surface area contributed by atoms with Crippen LogP contribution in [0.4, 0.5) is 13.6 Å². The Labute approximate surface area is 226 Å². The van der Waals surface area contributed by atoms with Gasteiger partial charge in [0.1, 0.15) is 30.6 Å². The zero-order chi connectivity index (χ0) is 28.1. The second-order valence-corrected chi connectivity index (χ2v) is 9.53. The average Bonchev–Trinajstić information content (AvgIpc) is 2.92. The molecule has 4 rings (SSSR count).